The van der Waals surface area contributed by atoms with Crippen LogP contribution in [0, 0.1) is 12.2 Å². The number of imidazole rings is 1. The fraction of sp³-hybridized carbons (Fsp3) is 0.0943. The average molecular weight is 751 g/mol. The molecule has 5 nitrogen and oxygen atoms in total. The van der Waals surface area contributed by atoms with Gasteiger partial charge in [0.2, 0.25) is 0 Å². The zero-order valence-corrected chi connectivity index (χ0v) is 32.7. The summed E-state index contributed by atoms with van der Waals surface area (Å²) in [6, 6.07) is 63.8. The van der Waals surface area contributed by atoms with Crippen molar-refractivity contribution in [2.75, 3.05) is 0 Å². The van der Waals surface area contributed by atoms with Gasteiger partial charge < -0.3 is 4.74 Å². The molecule has 5 heteroatoms. The van der Waals surface area contributed by atoms with Crippen LogP contribution >= 0.6 is 0 Å². The van der Waals surface area contributed by atoms with Crippen molar-refractivity contribution in [2.45, 2.75) is 26.7 Å². The number of benzene rings is 7. The summed E-state index contributed by atoms with van der Waals surface area (Å²) in [5.74, 6) is 3.32. The highest BCUT2D eigenvalue weighted by molar-refractivity contribution is 6.09. The Bertz CT molecular complexity index is 3030. The van der Waals surface area contributed by atoms with E-state index in [0.717, 1.165) is 78.4 Å². The lowest BCUT2D eigenvalue weighted by atomic mass is 9.91. The van der Waals surface area contributed by atoms with E-state index in [9.17, 15) is 0 Å². The van der Waals surface area contributed by atoms with Crippen LogP contribution in [-0.4, -0.2) is 14.1 Å². The SMILES string of the molecule is CC(C)C(C)c1ccnc(-n2c3ccccc3c3ccc(Oc4cccc(-n5[c-][n+](-c6c(-c7ccccc7)cccc6-c6ccccc6)c6ccccc65)c4)cc32)c1. The molecule has 1 atom stereocenters. The van der Waals surface area contributed by atoms with Crippen LogP contribution in [0.3, 0.4) is 0 Å². The Labute approximate surface area is 338 Å². The number of rotatable bonds is 9. The van der Waals surface area contributed by atoms with E-state index in [4.69, 9.17) is 9.72 Å². The van der Waals surface area contributed by atoms with E-state index in [1.807, 2.05) is 18.3 Å². The van der Waals surface area contributed by atoms with Gasteiger partial charge in [-0.05, 0) is 88.2 Å². The van der Waals surface area contributed by atoms with Gasteiger partial charge >= 0.3 is 0 Å². The molecule has 0 aliphatic rings. The van der Waals surface area contributed by atoms with Gasteiger partial charge in [-0.25, -0.2) is 4.98 Å². The minimum Gasteiger partial charge on any atom is -0.458 e. The van der Waals surface area contributed by atoms with E-state index in [0.29, 0.717) is 11.8 Å². The smallest absolute Gasteiger partial charge is 0.269 e. The van der Waals surface area contributed by atoms with E-state index in [1.54, 1.807) is 0 Å². The van der Waals surface area contributed by atoms with Gasteiger partial charge in [0.25, 0.3) is 6.33 Å². The lowest BCUT2D eigenvalue weighted by molar-refractivity contribution is -0.571. The third kappa shape index (κ3) is 6.22. The minimum absolute atomic E-state index is 0.412. The Kier molecular flexibility index (Phi) is 8.91. The lowest BCUT2D eigenvalue weighted by Gasteiger charge is -2.17. The van der Waals surface area contributed by atoms with Gasteiger partial charge in [-0.3, -0.25) is 13.7 Å². The van der Waals surface area contributed by atoms with Crippen molar-refractivity contribution in [1.29, 1.82) is 0 Å². The standard InChI is InChI=1S/C53H42N4O/c1-36(2)37(3)40-30-31-54-52(32-40)57-48-25-11-10-22-46(48)47-29-28-43(34-51(47)57)58-42-21-14-20-41(33-42)55-35-56(50-27-13-12-26-49(50)55)53-44(38-16-6-4-7-17-38)23-15-24-45(53)39-18-8-5-9-19-39/h4-34,36-37H,1-3H3. The number of hydrogen-bond acceptors (Lipinski definition) is 2. The van der Waals surface area contributed by atoms with E-state index in [2.05, 4.69) is 211 Å². The topological polar surface area (TPSA) is 35.9 Å². The molecule has 0 aliphatic heterocycles. The van der Waals surface area contributed by atoms with E-state index >= 15 is 0 Å². The number of nitrogens with zero attached hydrogens (tertiary/aromatic N) is 4. The lowest BCUT2D eigenvalue weighted by Crippen LogP contribution is -2.31. The first kappa shape index (κ1) is 35.2. The predicted octanol–water partition coefficient (Wildman–Crippen LogP) is 13.1. The first-order valence-electron chi connectivity index (χ1n) is 20.0. The largest absolute Gasteiger partial charge is 0.458 e. The molecule has 58 heavy (non-hydrogen) atoms. The Balaban J connectivity index is 1.08. The van der Waals surface area contributed by atoms with E-state index < -0.39 is 0 Å². The molecule has 0 saturated carbocycles. The molecule has 3 heterocycles. The molecule has 280 valence electrons. The van der Waals surface area contributed by atoms with Crippen LogP contribution in [0.25, 0.3) is 72.3 Å². The first-order valence-corrected chi connectivity index (χ1v) is 20.0. The second kappa shape index (κ2) is 14.7. The van der Waals surface area contributed by atoms with Crippen LogP contribution < -0.4 is 9.30 Å². The monoisotopic (exact) mass is 750 g/mol. The van der Waals surface area contributed by atoms with Gasteiger partial charge in [0, 0.05) is 23.0 Å². The number of para-hydroxylation sites is 4. The van der Waals surface area contributed by atoms with Crippen molar-refractivity contribution in [3.8, 4) is 50.9 Å². The Morgan fingerprint density at radius 3 is 1.93 bits per heavy atom. The second-order valence-electron chi connectivity index (χ2n) is 15.3. The Hall–Kier alpha value is -7.24. The first-order chi connectivity index (χ1) is 28.5. The van der Waals surface area contributed by atoms with Gasteiger partial charge in [-0.15, -0.1) is 0 Å². The maximum absolute atomic E-state index is 6.72. The van der Waals surface area contributed by atoms with Crippen molar-refractivity contribution in [2.24, 2.45) is 5.92 Å². The second-order valence-corrected chi connectivity index (χ2v) is 15.3. The highest BCUT2D eigenvalue weighted by Gasteiger charge is 2.21. The number of fused-ring (bicyclic) bond motifs is 4. The van der Waals surface area contributed by atoms with Crippen molar-refractivity contribution < 1.29 is 9.30 Å². The molecule has 10 aromatic rings. The summed E-state index contributed by atoms with van der Waals surface area (Å²) < 4.78 is 13.3. The molecule has 0 fully saturated rings. The molecule has 0 bridgehead atoms. The van der Waals surface area contributed by atoms with Crippen LogP contribution in [0.1, 0.15) is 32.3 Å². The van der Waals surface area contributed by atoms with E-state index in [1.165, 1.54) is 10.9 Å². The van der Waals surface area contributed by atoms with Gasteiger partial charge in [0.15, 0.2) is 0 Å². The average Bonchev–Trinajstić information content (AvgIpc) is 3.82. The molecule has 0 aliphatic carbocycles. The van der Waals surface area contributed by atoms with Gasteiger partial charge in [0.05, 0.1) is 33.4 Å². The number of hydrogen-bond donors (Lipinski definition) is 0. The van der Waals surface area contributed by atoms with Crippen LogP contribution in [0.15, 0.2) is 188 Å². The van der Waals surface area contributed by atoms with Gasteiger partial charge in [0.1, 0.15) is 17.3 Å². The number of ether oxygens (including phenoxy) is 1. The van der Waals surface area contributed by atoms with Crippen molar-refractivity contribution in [3.05, 3.63) is 200 Å². The summed E-state index contributed by atoms with van der Waals surface area (Å²) in [6.45, 7) is 6.82. The summed E-state index contributed by atoms with van der Waals surface area (Å²) in [6.07, 6.45) is 5.72. The molecule has 0 amide bonds. The molecule has 0 spiro atoms. The molecular formula is C53H42N4O. The Morgan fingerprint density at radius 1 is 0.552 bits per heavy atom. The van der Waals surface area contributed by atoms with Crippen molar-refractivity contribution in [1.82, 2.24) is 14.1 Å². The number of aromatic nitrogens is 4. The van der Waals surface area contributed by atoms with Crippen LogP contribution in [0.5, 0.6) is 11.5 Å². The van der Waals surface area contributed by atoms with Gasteiger partial charge in [-0.1, -0.05) is 148 Å². The number of pyridine rings is 1. The molecule has 10 rings (SSSR count). The maximum Gasteiger partial charge on any atom is 0.269 e. The summed E-state index contributed by atoms with van der Waals surface area (Å²) in [7, 11) is 0. The van der Waals surface area contributed by atoms with Crippen molar-refractivity contribution >= 4 is 32.8 Å². The summed E-state index contributed by atoms with van der Waals surface area (Å²) in [5, 5.41) is 2.34. The molecular weight excluding hydrogens is 709 g/mol. The molecule has 3 aromatic heterocycles. The minimum atomic E-state index is 0.412. The van der Waals surface area contributed by atoms with Crippen LogP contribution in [-0.2, 0) is 0 Å². The summed E-state index contributed by atoms with van der Waals surface area (Å²) in [5.41, 5.74) is 12.1. The van der Waals surface area contributed by atoms with Gasteiger partial charge in [-0.2, -0.15) is 0 Å². The zero-order chi connectivity index (χ0) is 39.2. The normalized spacial score (nSPS) is 12.1. The molecule has 1 unspecified atom stereocenters. The molecule has 0 radical (unpaired) electrons. The third-order valence-corrected chi connectivity index (χ3v) is 11.5. The third-order valence-electron chi connectivity index (χ3n) is 11.5. The fourth-order valence-electron chi connectivity index (χ4n) is 8.21. The maximum atomic E-state index is 6.72. The van der Waals surface area contributed by atoms with Crippen LogP contribution in [0.4, 0.5) is 0 Å². The summed E-state index contributed by atoms with van der Waals surface area (Å²) >= 11 is 0. The Morgan fingerprint density at radius 2 is 1.19 bits per heavy atom. The molecule has 0 N–H and O–H groups in total. The fourth-order valence-corrected chi connectivity index (χ4v) is 8.21. The highest BCUT2D eigenvalue weighted by Crippen LogP contribution is 2.37. The van der Waals surface area contributed by atoms with Crippen LogP contribution in [0.2, 0.25) is 0 Å². The molecule has 0 saturated heterocycles. The zero-order valence-electron chi connectivity index (χ0n) is 32.7. The predicted molar refractivity (Wildman–Crippen MR) is 236 cm³/mol. The molecule has 7 aromatic carbocycles. The summed E-state index contributed by atoms with van der Waals surface area (Å²) in [4.78, 5) is 4.89. The highest BCUT2D eigenvalue weighted by atomic mass is 16.5. The van der Waals surface area contributed by atoms with E-state index in [-0.39, 0.29) is 0 Å². The van der Waals surface area contributed by atoms with Crippen molar-refractivity contribution in [3.63, 3.8) is 0 Å². The quantitative estimate of drug-likeness (QED) is 0.109.